The van der Waals surface area contributed by atoms with Gasteiger partial charge in [0.15, 0.2) is 5.82 Å². The first-order valence-corrected chi connectivity index (χ1v) is 15.6. The van der Waals surface area contributed by atoms with E-state index >= 15 is 4.39 Å². The zero-order valence-corrected chi connectivity index (χ0v) is 28.2. The molecule has 4 aromatic heterocycles. The number of ether oxygens (including phenoxy) is 2. The topological polar surface area (TPSA) is 159 Å². The number of carbonyl (C=O) groups excluding carboxylic acids is 2. The van der Waals surface area contributed by atoms with Gasteiger partial charge in [-0.15, -0.1) is 0 Å². The number of carbonyl (C=O) groups is 2. The number of aryl methyl sites for hydroxylation is 1. The van der Waals surface area contributed by atoms with Gasteiger partial charge in [0.2, 0.25) is 11.8 Å². The highest BCUT2D eigenvalue weighted by Gasteiger charge is 2.22. The average Bonchev–Trinajstić information content (AvgIpc) is 3.07. The van der Waals surface area contributed by atoms with Crippen molar-refractivity contribution < 1.29 is 23.5 Å². The first-order chi connectivity index (χ1) is 23.8. The van der Waals surface area contributed by atoms with Crippen LogP contribution in [0.15, 0.2) is 83.3 Å². The lowest BCUT2D eigenvalue weighted by molar-refractivity contribution is -0.142. The molecule has 50 heavy (non-hydrogen) atoms. The van der Waals surface area contributed by atoms with Crippen LogP contribution in [0.5, 0.6) is 5.88 Å². The predicted molar refractivity (Wildman–Crippen MR) is 186 cm³/mol. The van der Waals surface area contributed by atoms with Crippen LogP contribution >= 0.6 is 0 Å². The molecule has 13 nitrogen and oxygen atoms in total. The smallest absolute Gasteiger partial charge is 0.302 e. The number of rotatable bonds is 11. The summed E-state index contributed by atoms with van der Waals surface area (Å²) in [6.07, 6.45) is 5.58. The maximum Gasteiger partial charge on any atom is 0.302 e. The number of benzene rings is 1. The molecule has 2 N–H and O–H groups in total. The second-order valence-electron chi connectivity index (χ2n) is 12.4. The molecule has 5 aromatic rings. The lowest BCUT2D eigenvalue weighted by Crippen LogP contribution is -2.26. The van der Waals surface area contributed by atoms with Crippen LogP contribution < -0.4 is 26.5 Å². The van der Waals surface area contributed by atoms with E-state index in [1.807, 2.05) is 20.8 Å². The Morgan fingerprint density at radius 3 is 2.60 bits per heavy atom. The Bertz CT molecular complexity index is 2240. The molecule has 0 atom stereocenters. The number of esters is 1. The molecule has 258 valence electrons. The second-order valence-corrected chi connectivity index (χ2v) is 12.4. The minimum absolute atomic E-state index is 0.0223. The van der Waals surface area contributed by atoms with Gasteiger partial charge >= 0.3 is 5.97 Å². The van der Waals surface area contributed by atoms with E-state index in [0.717, 1.165) is 10.8 Å². The Hall–Kier alpha value is -6.18. The SMILES string of the molecule is C=CC(=O)NCCOc1cccc(Nc2cc(-c3ccnc(-n4ncc5cc(C(C)(C)C)cc(F)c5c4=O)c3COC(C)=O)cn(C)c2=O)n1. The standard InChI is InChI=1S/C36H36FN7O6/c1-7-30(46)38-13-14-49-31-10-8-9-29(42-31)41-28-16-23(19-43(6)34(28)47)25-11-12-39-33(26(25)20-50-21(2)45)44-35(48)32-22(18-40-44)15-24(17-27(32)37)36(3,4)5/h7-12,15-19H,1,13-14,20H2,2-6H3,(H,38,46)(H,41,42). The summed E-state index contributed by atoms with van der Waals surface area (Å²) in [6.45, 7) is 10.6. The van der Waals surface area contributed by atoms with Crippen LogP contribution in [-0.4, -0.2) is 49.3 Å². The van der Waals surface area contributed by atoms with Gasteiger partial charge in [-0.3, -0.25) is 19.2 Å². The highest BCUT2D eigenvalue weighted by atomic mass is 19.1. The highest BCUT2D eigenvalue weighted by Crippen LogP contribution is 2.30. The summed E-state index contributed by atoms with van der Waals surface area (Å²) in [5.74, 6) is -1.00. The molecule has 5 rings (SSSR count). The zero-order valence-electron chi connectivity index (χ0n) is 28.2. The van der Waals surface area contributed by atoms with Crippen LogP contribution in [0.1, 0.15) is 38.8 Å². The van der Waals surface area contributed by atoms with Crippen molar-refractivity contribution in [2.45, 2.75) is 39.7 Å². The summed E-state index contributed by atoms with van der Waals surface area (Å²) in [7, 11) is 1.57. The molecular weight excluding hydrogens is 645 g/mol. The number of halogens is 1. The van der Waals surface area contributed by atoms with Crippen LogP contribution in [0, 0.1) is 5.82 Å². The summed E-state index contributed by atoms with van der Waals surface area (Å²) >= 11 is 0. The minimum atomic E-state index is -0.742. The molecule has 0 aliphatic heterocycles. The van der Waals surface area contributed by atoms with E-state index in [0.29, 0.717) is 33.5 Å². The van der Waals surface area contributed by atoms with Crippen LogP contribution in [0.25, 0.3) is 27.7 Å². The maximum absolute atomic E-state index is 15.5. The zero-order chi connectivity index (χ0) is 36.2. The van der Waals surface area contributed by atoms with Gasteiger partial charge in [-0.2, -0.15) is 14.8 Å². The molecule has 0 aliphatic carbocycles. The number of nitrogens with zero attached hydrogens (tertiary/aromatic N) is 5. The normalized spacial score (nSPS) is 11.2. The Kier molecular flexibility index (Phi) is 10.2. The van der Waals surface area contributed by atoms with Crippen molar-refractivity contribution in [3.05, 3.63) is 111 Å². The van der Waals surface area contributed by atoms with E-state index in [-0.39, 0.29) is 59.4 Å². The molecule has 14 heteroatoms. The fraction of sp³-hybridized carbons (Fsp3) is 0.250. The van der Waals surface area contributed by atoms with Gasteiger partial charge in [-0.25, -0.2) is 9.37 Å². The number of aromatic nitrogens is 5. The third-order valence-corrected chi connectivity index (χ3v) is 7.68. The summed E-state index contributed by atoms with van der Waals surface area (Å²) in [5.41, 5.74) is 0.654. The average molecular weight is 682 g/mol. The predicted octanol–water partition coefficient (Wildman–Crippen LogP) is 4.47. The largest absolute Gasteiger partial charge is 0.476 e. The quantitative estimate of drug-likeness (QED) is 0.116. The van der Waals surface area contributed by atoms with Gasteiger partial charge < -0.3 is 24.7 Å². The molecule has 0 fully saturated rings. The number of pyridine rings is 3. The summed E-state index contributed by atoms with van der Waals surface area (Å²) in [4.78, 5) is 59.1. The fourth-order valence-electron chi connectivity index (χ4n) is 5.12. The Morgan fingerprint density at radius 1 is 1.10 bits per heavy atom. The number of hydrogen-bond acceptors (Lipinski definition) is 10. The second kappa shape index (κ2) is 14.5. The van der Waals surface area contributed by atoms with Gasteiger partial charge in [0.05, 0.1) is 18.1 Å². The molecule has 0 saturated heterocycles. The van der Waals surface area contributed by atoms with E-state index < -0.39 is 17.3 Å². The van der Waals surface area contributed by atoms with E-state index in [4.69, 9.17) is 9.47 Å². The van der Waals surface area contributed by atoms with Crippen molar-refractivity contribution in [1.29, 1.82) is 0 Å². The molecule has 4 heterocycles. The number of nitrogens with one attached hydrogen (secondary N) is 2. The van der Waals surface area contributed by atoms with Gasteiger partial charge in [0, 0.05) is 48.9 Å². The van der Waals surface area contributed by atoms with E-state index in [1.54, 1.807) is 49.6 Å². The van der Waals surface area contributed by atoms with Crippen molar-refractivity contribution in [2.24, 2.45) is 7.05 Å². The van der Waals surface area contributed by atoms with E-state index in [2.05, 4.69) is 32.3 Å². The van der Waals surface area contributed by atoms with Crippen molar-refractivity contribution in [3.8, 4) is 22.8 Å². The van der Waals surface area contributed by atoms with E-state index in [1.165, 1.54) is 30.0 Å². The molecule has 1 amide bonds. The van der Waals surface area contributed by atoms with Gasteiger partial charge in [-0.05, 0) is 52.9 Å². The Morgan fingerprint density at radius 2 is 1.88 bits per heavy atom. The molecule has 0 saturated carbocycles. The van der Waals surface area contributed by atoms with Crippen LogP contribution in [-0.2, 0) is 33.4 Å². The number of amides is 1. The monoisotopic (exact) mass is 681 g/mol. The van der Waals surface area contributed by atoms with Crippen LogP contribution in [0.4, 0.5) is 15.9 Å². The van der Waals surface area contributed by atoms with Crippen molar-refractivity contribution in [3.63, 3.8) is 0 Å². The molecule has 1 aromatic carbocycles. The molecule has 0 radical (unpaired) electrons. The first-order valence-electron chi connectivity index (χ1n) is 15.6. The first kappa shape index (κ1) is 35.1. The minimum Gasteiger partial charge on any atom is -0.476 e. The molecule has 0 unspecified atom stereocenters. The lowest BCUT2D eigenvalue weighted by atomic mass is 9.86. The number of anilines is 2. The van der Waals surface area contributed by atoms with Gasteiger partial charge in [-0.1, -0.05) is 33.4 Å². The number of hydrogen-bond donors (Lipinski definition) is 2. The molecular formula is C36H36FN7O6. The van der Waals surface area contributed by atoms with E-state index in [9.17, 15) is 19.2 Å². The van der Waals surface area contributed by atoms with Crippen LogP contribution in [0.2, 0.25) is 0 Å². The van der Waals surface area contributed by atoms with Crippen molar-refractivity contribution >= 4 is 34.2 Å². The Balaban J connectivity index is 1.55. The number of fused-ring (bicyclic) bond motifs is 1. The van der Waals surface area contributed by atoms with Crippen molar-refractivity contribution in [2.75, 3.05) is 18.5 Å². The molecule has 0 spiro atoms. The molecule has 0 aliphatic rings. The van der Waals surface area contributed by atoms with Crippen molar-refractivity contribution in [1.82, 2.24) is 29.6 Å². The fourth-order valence-corrected chi connectivity index (χ4v) is 5.12. The third-order valence-electron chi connectivity index (χ3n) is 7.68. The van der Waals surface area contributed by atoms with Crippen LogP contribution in [0.3, 0.4) is 0 Å². The Labute approximate surface area is 286 Å². The van der Waals surface area contributed by atoms with Gasteiger partial charge in [0.25, 0.3) is 11.1 Å². The summed E-state index contributed by atoms with van der Waals surface area (Å²) in [5, 5.41) is 10.2. The summed E-state index contributed by atoms with van der Waals surface area (Å²) in [6, 6.07) is 11.3. The summed E-state index contributed by atoms with van der Waals surface area (Å²) < 4.78 is 28.8. The maximum atomic E-state index is 15.5. The third kappa shape index (κ3) is 7.75. The molecule has 0 bridgehead atoms. The lowest BCUT2D eigenvalue weighted by Gasteiger charge is -2.20. The van der Waals surface area contributed by atoms with Gasteiger partial charge in [0.1, 0.15) is 30.5 Å². The highest BCUT2D eigenvalue weighted by molar-refractivity contribution is 5.86.